The van der Waals surface area contributed by atoms with Crippen LogP contribution in [0.5, 0.6) is 0 Å². The Morgan fingerprint density at radius 2 is 1.80 bits per heavy atom. The first-order chi connectivity index (χ1) is 14.1. The molecule has 8 heteroatoms. The van der Waals surface area contributed by atoms with Gasteiger partial charge in [-0.15, -0.1) is 0 Å². The summed E-state index contributed by atoms with van der Waals surface area (Å²) in [5.74, 6) is -0.850. The molecule has 0 radical (unpaired) electrons. The van der Waals surface area contributed by atoms with E-state index in [0.717, 1.165) is 10.5 Å². The molecule has 0 bridgehead atoms. The SMILES string of the molecule is CC(C)N(Cc1ccccc1)C(=O)CN1C(=O)NC(C)(c2ccc(Cl)cc2Cl)C1=O. The van der Waals surface area contributed by atoms with Crippen LogP contribution in [-0.2, 0) is 21.7 Å². The van der Waals surface area contributed by atoms with Crippen LogP contribution in [0.4, 0.5) is 4.79 Å². The van der Waals surface area contributed by atoms with Gasteiger partial charge in [0.05, 0.1) is 0 Å². The zero-order valence-electron chi connectivity index (χ0n) is 17.0. The van der Waals surface area contributed by atoms with E-state index in [1.807, 2.05) is 44.2 Å². The summed E-state index contributed by atoms with van der Waals surface area (Å²) < 4.78 is 0. The average Bonchev–Trinajstić information content (AvgIpc) is 2.90. The van der Waals surface area contributed by atoms with Crippen LogP contribution in [0.15, 0.2) is 48.5 Å². The van der Waals surface area contributed by atoms with E-state index in [0.29, 0.717) is 17.1 Å². The summed E-state index contributed by atoms with van der Waals surface area (Å²) in [6.45, 7) is 5.39. The number of hydrogen-bond acceptors (Lipinski definition) is 3. The molecule has 1 aliphatic heterocycles. The Balaban J connectivity index is 1.81. The van der Waals surface area contributed by atoms with Crippen molar-refractivity contribution in [1.82, 2.24) is 15.1 Å². The lowest BCUT2D eigenvalue weighted by Crippen LogP contribution is -2.46. The molecule has 4 amide bonds. The normalized spacial score (nSPS) is 18.7. The van der Waals surface area contributed by atoms with Gasteiger partial charge in [0.1, 0.15) is 12.1 Å². The molecule has 2 aromatic carbocycles. The maximum atomic E-state index is 13.1. The topological polar surface area (TPSA) is 69.7 Å². The molecule has 1 unspecified atom stereocenters. The van der Waals surface area contributed by atoms with E-state index in [2.05, 4.69) is 5.32 Å². The van der Waals surface area contributed by atoms with E-state index >= 15 is 0 Å². The lowest BCUT2D eigenvalue weighted by molar-refractivity contribution is -0.140. The van der Waals surface area contributed by atoms with Crippen LogP contribution in [0.2, 0.25) is 10.0 Å². The second kappa shape index (κ2) is 8.66. The number of carbonyl (C=O) groups is 3. The van der Waals surface area contributed by atoms with Gasteiger partial charge < -0.3 is 10.2 Å². The van der Waals surface area contributed by atoms with Crippen molar-refractivity contribution in [2.45, 2.75) is 38.9 Å². The summed E-state index contributed by atoms with van der Waals surface area (Å²) in [5, 5.41) is 3.35. The van der Waals surface area contributed by atoms with Gasteiger partial charge in [0.25, 0.3) is 5.91 Å². The summed E-state index contributed by atoms with van der Waals surface area (Å²) in [4.78, 5) is 41.3. The number of amides is 4. The molecule has 1 aliphatic rings. The van der Waals surface area contributed by atoms with Crippen molar-refractivity contribution in [3.63, 3.8) is 0 Å². The van der Waals surface area contributed by atoms with Crippen molar-refractivity contribution in [3.8, 4) is 0 Å². The minimum absolute atomic E-state index is 0.101. The third kappa shape index (κ3) is 4.30. The quantitative estimate of drug-likeness (QED) is 0.674. The van der Waals surface area contributed by atoms with Gasteiger partial charge in [0, 0.05) is 28.2 Å². The van der Waals surface area contributed by atoms with Gasteiger partial charge in [-0.3, -0.25) is 14.5 Å². The summed E-state index contributed by atoms with van der Waals surface area (Å²) in [6.07, 6.45) is 0. The van der Waals surface area contributed by atoms with Gasteiger partial charge >= 0.3 is 6.03 Å². The lowest BCUT2D eigenvalue weighted by Gasteiger charge is -2.29. The maximum Gasteiger partial charge on any atom is 0.325 e. The van der Waals surface area contributed by atoms with E-state index in [1.165, 1.54) is 6.07 Å². The van der Waals surface area contributed by atoms with Crippen molar-refractivity contribution < 1.29 is 14.4 Å². The summed E-state index contributed by atoms with van der Waals surface area (Å²) in [6, 6.07) is 13.5. The van der Waals surface area contributed by atoms with E-state index in [1.54, 1.807) is 24.0 Å². The fraction of sp³-hybridized carbons (Fsp3) is 0.318. The van der Waals surface area contributed by atoms with E-state index in [9.17, 15) is 14.4 Å². The number of halogens is 2. The molecule has 0 aliphatic carbocycles. The van der Waals surface area contributed by atoms with Crippen LogP contribution < -0.4 is 5.32 Å². The molecular formula is C22H23Cl2N3O3. The number of carbonyl (C=O) groups excluding carboxylic acids is 3. The highest BCUT2D eigenvalue weighted by molar-refractivity contribution is 6.35. The predicted octanol–water partition coefficient (Wildman–Crippen LogP) is 4.20. The van der Waals surface area contributed by atoms with Gasteiger partial charge in [-0.05, 0) is 38.5 Å². The first-order valence-electron chi connectivity index (χ1n) is 9.56. The molecule has 0 saturated carbocycles. The van der Waals surface area contributed by atoms with Gasteiger partial charge in [0.15, 0.2) is 0 Å². The lowest BCUT2D eigenvalue weighted by atomic mass is 9.92. The minimum atomic E-state index is -1.37. The smallest absolute Gasteiger partial charge is 0.325 e. The molecule has 2 aromatic rings. The number of imide groups is 1. The number of nitrogens with one attached hydrogen (secondary N) is 1. The summed E-state index contributed by atoms with van der Waals surface area (Å²) in [7, 11) is 0. The fourth-order valence-corrected chi connectivity index (χ4v) is 4.08. The zero-order valence-corrected chi connectivity index (χ0v) is 18.5. The van der Waals surface area contributed by atoms with E-state index < -0.39 is 17.5 Å². The number of hydrogen-bond donors (Lipinski definition) is 1. The number of rotatable bonds is 6. The van der Waals surface area contributed by atoms with Gasteiger partial charge in [-0.1, -0.05) is 59.6 Å². The van der Waals surface area contributed by atoms with Crippen LogP contribution in [0.25, 0.3) is 0 Å². The highest BCUT2D eigenvalue weighted by Gasteiger charge is 2.50. The van der Waals surface area contributed by atoms with Crippen molar-refractivity contribution in [1.29, 1.82) is 0 Å². The van der Waals surface area contributed by atoms with Gasteiger partial charge in [0.2, 0.25) is 5.91 Å². The predicted molar refractivity (Wildman–Crippen MR) is 116 cm³/mol. The minimum Gasteiger partial charge on any atom is -0.334 e. The van der Waals surface area contributed by atoms with Crippen LogP contribution in [-0.4, -0.2) is 40.2 Å². The Bertz CT molecular complexity index is 981. The molecule has 0 spiro atoms. The third-order valence-corrected chi connectivity index (χ3v) is 5.73. The molecule has 0 aromatic heterocycles. The molecule has 6 nitrogen and oxygen atoms in total. The van der Waals surface area contributed by atoms with Crippen molar-refractivity contribution in [2.75, 3.05) is 6.54 Å². The molecule has 3 rings (SSSR count). The third-order valence-electron chi connectivity index (χ3n) is 5.18. The van der Waals surface area contributed by atoms with Crippen LogP contribution >= 0.6 is 23.2 Å². The Morgan fingerprint density at radius 1 is 1.13 bits per heavy atom. The van der Waals surface area contributed by atoms with E-state index in [-0.39, 0.29) is 23.5 Å². The number of benzene rings is 2. The van der Waals surface area contributed by atoms with Gasteiger partial charge in [-0.2, -0.15) is 0 Å². The first kappa shape index (κ1) is 22.1. The van der Waals surface area contributed by atoms with Crippen LogP contribution in [0.1, 0.15) is 31.9 Å². The largest absolute Gasteiger partial charge is 0.334 e. The molecular weight excluding hydrogens is 425 g/mol. The van der Waals surface area contributed by atoms with Crippen molar-refractivity contribution in [2.24, 2.45) is 0 Å². The Labute approximate surface area is 185 Å². The Kier molecular flexibility index (Phi) is 6.38. The molecule has 1 N–H and O–H groups in total. The molecule has 1 heterocycles. The second-order valence-corrected chi connectivity index (χ2v) is 8.52. The van der Waals surface area contributed by atoms with Crippen LogP contribution in [0.3, 0.4) is 0 Å². The summed E-state index contributed by atoms with van der Waals surface area (Å²) >= 11 is 12.2. The highest BCUT2D eigenvalue weighted by Crippen LogP contribution is 2.35. The zero-order chi connectivity index (χ0) is 22.1. The molecule has 1 atom stereocenters. The maximum absolute atomic E-state index is 13.1. The Morgan fingerprint density at radius 3 is 2.40 bits per heavy atom. The molecule has 1 saturated heterocycles. The number of nitrogens with zero attached hydrogens (tertiary/aromatic N) is 2. The highest BCUT2D eigenvalue weighted by atomic mass is 35.5. The van der Waals surface area contributed by atoms with E-state index in [4.69, 9.17) is 23.2 Å². The molecule has 158 valence electrons. The van der Waals surface area contributed by atoms with Crippen molar-refractivity contribution >= 4 is 41.0 Å². The van der Waals surface area contributed by atoms with Gasteiger partial charge in [-0.25, -0.2) is 4.79 Å². The number of urea groups is 1. The van der Waals surface area contributed by atoms with Crippen LogP contribution in [0, 0.1) is 0 Å². The molecule has 1 fully saturated rings. The average molecular weight is 448 g/mol. The fourth-order valence-electron chi connectivity index (χ4n) is 3.48. The summed E-state index contributed by atoms with van der Waals surface area (Å²) in [5.41, 5.74) is 0.0163. The standard InChI is InChI=1S/C22H23Cl2N3O3/c1-14(2)26(12-15-7-5-4-6-8-15)19(28)13-27-20(29)22(3,25-21(27)30)17-10-9-16(23)11-18(17)24/h4-11,14H,12-13H2,1-3H3,(H,25,30). The second-order valence-electron chi connectivity index (χ2n) is 7.67. The Hall–Kier alpha value is -2.57. The van der Waals surface area contributed by atoms with Crippen molar-refractivity contribution in [3.05, 3.63) is 69.7 Å². The monoisotopic (exact) mass is 447 g/mol. The molecule has 30 heavy (non-hydrogen) atoms. The first-order valence-corrected chi connectivity index (χ1v) is 10.3.